The van der Waals surface area contributed by atoms with Crippen LogP contribution < -0.4 is 5.32 Å². The van der Waals surface area contributed by atoms with Crippen molar-refractivity contribution < 1.29 is 0 Å². The lowest BCUT2D eigenvalue weighted by Crippen LogP contribution is -2.06. The molecule has 2 heterocycles. The van der Waals surface area contributed by atoms with Gasteiger partial charge in [0.05, 0.1) is 24.6 Å². The largest absolute Gasteiger partial charge is 0.363 e. The van der Waals surface area contributed by atoms with Crippen LogP contribution in [0.5, 0.6) is 0 Å². The van der Waals surface area contributed by atoms with Crippen LogP contribution in [0.25, 0.3) is 0 Å². The first kappa shape index (κ1) is 9.92. The molecule has 6 heteroatoms. The summed E-state index contributed by atoms with van der Waals surface area (Å²) < 4.78 is 1.80. The molecule has 15 heavy (non-hydrogen) atoms. The molecule has 0 fully saturated rings. The zero-order chi connectivity index (χ0) is 10.7. The van der Waals surface area contributed by atoms with Gasteiger partial charge in [-0.05, 0) is 6.07 Å². The van der Waals surface area contributed by atoms with Crippen LogP contribution in [0.2, 0.25) is 5.15 Å². The quantitative estimate of drug-likeness (QED) is 0.856. The summed E-state index contributed by atoms with van der Waals surface area (Å²) in [6.45, 7) is 0.644. The van der Waals surface area contributed by atoms with Crippen molar-refractivity contribution in [2.24, 2.45) is 7.05 Å². The van der Waals surface area contributed by atoms with Crippen molar-refractivity contribution in [2.45, 2.75) is 6.54 Å². The zero-order valence-corrected chi connectivity index (χ0v) is 8.94. The monoisotopic (exact) mass is 223 g/mol. The standard InChI is InChI=1S/C9H10ClN5/c1-15-7(2-3-13-15)4-12-9-6-11-5-8(10)14-9/h2-3,5-6H,4H2,1H3,(H,12,14). The lowest BCUT2D eigenvalue weighted by Gasteiger charge is -2.05. The summed E-state index contributed by atoms with van der Waals surface area (Å²) >= 11 is 5.71. The highest BCUT2D eigenvalue weighted by molar-refractivity contribution is 6.29. The molecule has 0 saturated carbocycles. The van der Waals surface area contributed by atoms with Gasteiger partial charge in [-0.2, -0.15) is 5.10 Å². The third-order valence-electron chi connectivity index (χ3n) is 1.98. The molecule has 0 unspecified atom stereocenters. The maximum Gasteiger partial charge on any atom is 0.149 e. The van der Waals surface area contributed by atoms with Gasteiger partial charge >= 0.3 is 0 Å². The van der Waals surface area contributed by atoms with Crippen LogP contribution in [0.4, 0.5) is 5.82 Å². The van der Waals surface area contributed by atoms with Crippen LogP contribution in [-0.4, -0.2) is 19.7 Å². The van der Waals surface area contributed by atoms with Crippen LogP contribution in [0, 0.1) is 0 Å². The molecule has 0 atom stereocenters. The van der Waals surface area contributed by atoms with Crippen LogP contribution >= 0.6 is 11.6 Å². The molecule has 0 aromatic carbocycles. The number of nitrogens with zero attached hydrogens (tertiary/aromatic N) is 4. The Morgan fingerprint density at radius 3 is 3.00 bits per heavy atom. The number of halogens is 1. The Labute approximate surface area is 92.1 Å². The first-order valence-electron chi connectivity index (χ1n) is 4.44. The lowest BCUT2D eigenvalue weighted by molar-refractivity contribution is 0.720. The van der Waals surface area contributed by atoms with Crippen LogP contribution in [0.3, 0.4) is 0 Å². The molecule has 0 saturated heterocycles. The molecule has 78 valence electrons. The number of aryl methyl sites for hydroxylation is 1. The van der Waals surface area contributed by atoms with Crippen molar-refractivity contribution in [1.82, 2.24) is 19.7 Å². The Kier molecular flexibility index (Phi) is 2.82. The van der Waals surface area contributed by atoms with Crippen LogP contribution in [0.1, 0.15) is 5.69 Å². The molecule has 0 aliphatic heterocycles. The Bertz CT molecular complexity index is 453. The smallest absolute Gasteiger partial charge is 0.149 e. The summed E-state index contributed by atoms with van der Waals surface area (Å²) in [5.41, 5.74) is 1.07. The van der Waals surface area contributed by atoms with Gasteiger partial charge in [-0.25, -0.2) is 4.98 Å². The van der Waals surface area contributed by atoms with Gasteiger partial charge in [-0.15, -0.1) is 0 Å². The normalized spacial score (nSPS) is 10.3. The fraction of sp³-hybridized carbons (Fsp3) is 0.222. The molecule has 0 bridgehead atoms. The van der Waals surface area contributed by atoms with Crippen molar-refractivity contribution >= 4 is 17.4 Å². The van der Waals surface area contributed by atoms with Crippen molar-refractivity contribution in [3.63, 3.8) is 0 Å². The molecule has 2 aromatic rings. The fourth-order valence-corrected chi connectivity index (χ4v) is 1.33. The predicted octanol–water partition coefficient (Wildman–Crippen LogP) is 1.48. The van der Waals surface area contributed by atoms with E-state index < -0.39 is 0 Å². The second-order valence-corrected chi connectivity index (χ2v) is 3.41. The minimum atomic E-state index is 0.380. The van der Waals surface area contributed by atoms with E-state index in [9.17, 15) is 0 Å². The van der Waals surface area contributed by atoms with Crippen molar-refractivity contribution in [2.75, 3.05) is 5.32 Å². The number of rotatable bonds is 3. The molecule has 0 spiro atoms. The fourth-order valence-electron chi connectivity index (χ4n) is 1.18. The minimum Gasteiger partial charge on any atom is -0.363 e. The SMILES string of the molecule is Cn1nccc1CNc1cncc(Cl)n1. The second-order valence-electron chi connectivity index (χ2n) is 3.03. The first-order valence-corrected chi connectivity index (χ1v) is 4.82. The highest BCUT2D eigenvalue weighted by atomic mass is 35.5. The summed E-state index contributed by atoms with van der Waals surface area (Å²) in [6.07, 6.45) is 4.87. The van der Waals surface area contributed by atoms with E-state index in [1.165, 1.54) is 6.20 Å². The predicted molar refractivity (Wildman–Crippen MR) is 57.6 cm³/mol. The highest BCUT2D eigenvalue weighted by Gasteiger charge is 1.99. The third kappa shape index (κ3) is 2.44. The van der Waals surface area contributed by atoms with E-state index >= 15 is 0 Å². The molecular weight excluding hydrogens is 214 g/mol. The summed E-state index contributed by atoms with van der Waals surface area (Å²) in [7, 11) is 1.89. The van der Waals surface area contributed by atoms with Gasteiger partial charge in [0.15, 0.2) is 0 Å². The molecule has 2 rings (SSSR count). The number of nitrogens with one attached hydrogen (secondary N) is 1. The molecule has 0 aliphatic rings. The summed E-state index contributed by atoms with van der Waals surface area (Å²) in [4.78, 5) is 7.99. The van der Waals surface area contributed by atoms with E-state index in [1.54, 1.807) is 17.1 Å². The summed E-state index contributed by atoms with van der Waals surface area (Å²) in [5, 5.41) is 7.55. The molecule has 1 N–H and O–H groups in total. The van der Waals surface area contributed by atoms with E-state index in [4.69, 9.17) is 11.6 Å². The Hall–Kier alpha value is -1.62. The van der Waals surface area contributed by atoms with E-state index in [-0.39, 0.29) is 0 Å². The van der Waals surface area contributed by atoms with Crippen molar-refractivity contribution in [3.8, 4) is 0 Å². The Morgan fingerprint density at radius 1 is 1.47 bits per heavy atom. The first-order chi connectivity index (χ1) is 7.25. The van der Waals surface area contributed by atoms with E-state index in [2.05, 4.69) is 20.4 Å². The molecule has 0 radical (unpaired) electrons. The summed E-state index contributed by atoms with van der Waals surface area (Å²) in [5.74, 6) is 0.656. The second kappa shape index (κ2) is 4.27. The van der Waals surface area contributed by atoms with Crippen molar-refractivity contribution in [3.05, 3.63) is 35.5 Å². The molecule has 2 aromatic heterocycles. The topological polar surface area (TPSA) is 55.6 Å². The number of hydrogen-bond acceptors (Lipinski definition) is 4. The average molecular weight is 224 g/mol. The van der Waals surface area contributed by atoms with Gasteiger partial charge in [-0.1, -0.05) is 11.6 Å². The lowest BCUT2D eigenvalue weighted by atomic mass is 10.4. The number of hydrogen-bond donors (Lipinski definition) is 1. The van der Waals surface area contributed by atoms with Crippen molar-refractivity contribution in [1.29, 1.82) is 0 Å². The number of aromatic nitrogens is 4. The van der Waals surface area contributed by atoms with E-state index in [0.29, 0.717) is 17.5 Å². The van der Waals surface area contributed by atoms with Crippen LogP contribution in [0.15, 0.2) is 24.7 Å². The number of anilines is 1. The van der Waals surface area contributed by atoms with Gasteiger partial charge in [0, 0.05) is 13.2 Å². The highest BCUT2D eigenvalue weighted by Crippen LogP contribution is 2.08. The zero-order valence-electron chi connectivity index (χ0n) is 8.18. The summed E-state index contributed by atoms with van der Waals surface area (Å²) in [6, 6.07) is 1.94. The van der Waals surface area contributed by atoms with E-state index in [0.717, 1.165) is 5.69 Å². The molecular formula is C9H10ClN5. The molecule has 0 aliphatic carbocycles. The Balaban J connectivity index is 2.02. The van der Waals surface area contributed by atoms with Crippen LogP contribution in [-0.2, 0) is 13.6 Å². The van der Waals surface area contributed by atoms with Gasteiger partial charge in [-0.3, -0.25) is 9.67 Å². The average Bonchev–Trinajstić information content (AvgIpc) is 2.61. The Morgan fingerprint density at radius 2 is 2.33 bits per heavy atom. The van der Waals surface area contributed by atoms with Gasteiger partial charge in [0.1, 0.15) is 11.0 Å². The maximum absolute atomic E-state index is 5.71. The van der Waals surface area contributed by atoms with Gasteiger partial charge in [0.2, 0.25) is 0 Å². The molecule has 5 nitrogen and oxygen atoms in total. The van der Waals surface area contributed by atoms with Gasteiger partial charge in [0.25, 0.3) is 0 Å². The third-order valence-corrected chi connectivity index (χ3v) is 2.16. The van der Waals surface area contributed by atoms with E-state index in [1.807, 2.05) is 13.1 Å². The van der Waals surface area contributed by atoms with Gasteiger partial charge < -0.3 is 5.32 Å². The minimum absolute atomic E-state index is 0.380. The maximum atomic E-state index is 5.71. The molecule has 0 amide bonds.